The van der Waals surface area contributed by atoms with Crippen molar-refractivity contribution < 1.29 is 49.4 Å². The number of aromatic carboxylic acids is 2. The molecule has 11 heteroatoms. The Morgan fingerprint density at radius 1 is 0.614 bits per heavy atom. The molecule has 0 fully saturated rings. The molecule has 0 aliphatic heterocycles. The summed E-state index contributed by atoms with van der Waals surface area (Å²) >= 11 is 0. The molecule has 0 unspecified atom stereocenters. The van der Waals surface area contributed by atoms with Crippen LogP contribution in [-0.4, -0.2) is 56.5 Å². The van der Waals surface area contributed by atoms with Crippen molar-refractivity contribution in [1.29, 1.82) is 0 Å². The third-order valence-corrected chi connectivity index (χ3v) is 5.04. The Kier molecular flexibility index (Phi) is 15.9. The number of para-hydroxylation sites is 1. The standard InChI is InChI=1S/C10H10O3.C9H8O2.C7H7NO2.C7H6O3/c1-13-9-5-2-8(3-6-9)4-7-10(11)12;10-9(11)7-6-8-4-2-1-3-5-8;8-6-3-1-5(2-4-6)7(9)10;8-6-4-2-1-3-5(6)7(9)10/h2-7H,1H3,(H,11,12);1-7H,(H,10,11);1-4H,8H2,(H,9,10);1-4,8H,(H,9,10)/b7-4+;7-6+;;. The first-order chi connectivity index (χ1) is 20.9. The van der Waals surface area contributed by atoms with Crippen LogP contribution in [0.25, 0.3) is 12.2 Å². The number of benzene rings is 4. The van der Waals surface area contributed by atoms with Gasteiger partial charge in [-0.15, -0.1) is 0 Å². The summed E-state index contributed by atoms with van der Waals surface area (Å²) in [6.45, 7) is 0. The van der Waals surface area contributed by atoms with E-state index in [1.807, 2.05) is 30.3 Å². The van der Waals surface area contributed by atoms with Gasteiger partial charge in [-0.2, -0.15) is 0 Å². The number of phenols is 1. The third kappa shape index (κ3) is 15.4. The lowest BCUT2D eigenvalue weighted by Gasteiger charge is -1.98. The highest BCUT2D eigenvalue weighted by Gasteiger charge is 2.05. The number of carboxylic acid groups (broad SMARTS) is 4. The van der Waals surface area contributed by atoms with Gasteiger partial charge in [-0.05, 0) is 71.8 Å². The molecule has 4 rings (SSSR count). The van der Waals surface area contributed by atoms with Crippen molar-refractivity contribution in [2.24, 2.45) is 0 Å². The number of rotatable bonds is 7. The molecule has 11 nitrogen and oxygen atoms in total. The summed E-state index contributed by atoms with van der Waals surface area (Å²) in [6.07, 6.45) is 5.31. The van der Waals surface area contributed by atoms with E-state index in [1.165, 1.54) is 30.3 Å². The molecule has 0 spiro atoms. The molecule has 0 saturated heterocycles. The lowest BCUT2D eigenvalue weighted by atomic mass is 10.2. The zero-order valence-electron chi connectivity index (χ0n) is 23.5. The van der Waals surface area contributed by atoms with E-state index in [9.17, 15) is 19.2 Å². The third-order valence-electron chi connectivity index (χ3n) is 5.04. The van der Waals surface area contributed by atoms with Gasteiger partial charge in [0.15, 0.2) is 0 Å². The number of aliphatic carboxylic acids is 2. The van der Waals surface area contributed by atoms with Crippen molar-refractivity contribution >= 4 is 41.7 Å². The normalized spacial score (nSPS) is 9.75. The summed E-state index contributed by atoms with van der Waals surface area (Å²) < 4.78 is 4.95. The lowest BCUT2D eigenvalue weighted by Crippen LogP contribution is -1.95. The highest BCUT2D eigenvalue weighted by atomic mass is 16.5. The minimum absolute atomic E-state index is 0.0671. The van der Waals surface area contributed by atoms with Crippen molar-refractivity contribution in [1.82, 2.24) is 0 Å². The number of methoxy groups -OCH3 is 1. The number of hydrogen-bond donors (Lipinski definition) is 6. The van der Waals surface area contributed by atoms with Gasteiger partial charge in [-0.1, -0.05) is 54.6 Å². The predicted molar refractivity (Wildman–Crippen MR) is 166 cm³/mol. The van der Waals surface area contributed by atoms with Crippen molar-refractivity contribution in [2.75, 3.05) is 12.8 Å². The lowest BCUT2D eigenvalue weighted by molar-refractivity contribution is -0.132. The summed E-state index contributed by atoms with van der Waals surface area (Å²) in [7, 11) is 1.59. The summed E-state index contributed by atoms with van der Waals surface area (Å²) in [5, 5.41) is 42.4. The van der Waals surface area contributed by atoms with Crippen LogP contribution in [0.3, 0.4) is 0 Å². The van der Waals surface area contributed by atoms with Crippen LogP contribution in [0.4, 0.5) is 5.69 Å². The second-order valence-corrected chi connectivity index (χ2v) is 8.28. The van der Waals surface area contributed by atoms with Crippen LogP contribution in [0.15, 0.2) is 115 Å². The van der Waals surface area contributed by atoms with E-state index in [-0.39, 0.29) is 16.9 Å². The van der Waals surface area contributed by atoms with Gasteiger partial charge in [-0.3, -0.25) is 0 Å². The molecule has 0 aromatic heterocycles. The van der Waals surface area contributed by atoms with Crippen LogP contribution < -0.4 is 10.5 Å². The molecule has 0 aliphatic carbocycles. The topological polar surface area (TPSA) is 205 Å². The molecule has 0 radical (unpaired) electrons. The smallest absolute Gasteiger partial charge is 0.339 e. The summed E-state index contributed by atoms with van der Waals surface area (Å²) in [5.41, 5.74) is 7.83. The Hall–Kier alpha value is -6.36. The Bertz CT molecular complexity index is 1550. The minimum atomic E-state index is -1.11. The van der Waals surface area contributed by atoms with Crippen LogP contribution in [-0.2, 0) is 9.59 Å². The average Bonchev–Trinajstić information content (AvgIpc) is 3.01. The maximum atomic E-state index is 10.3. The van der Waals surface area contributed by atoms with Gasteiger partial charge in [0, 0.05) is 17.8 Å². The molecule has 7 N–H and O–H groups in total. The molecule has 0 saturated carbocycles. The summed E-state index contributed by atoms with van der Waals surface area (Å²) in [4.78, 5) is 40.8. The quantitative estimate of drug-likeness (QED) is 0.113. The Morgan fingerprint density at radius 3 is 1.50 bits per heavy atom. The van der Waals surface area contributed by atoms with Gasteiger partial charge in [-0.25, -0.2) is 19.2 Å². The van der Waals surface area contributed by atoms with Crippen molar-refractivity contribution in [2.45, 2.75) is 0 Å². The number of aromatic hydroxyl groups is 1. The first-order valence-corrected chi connectivity index (χ1v) is 12.5. The van der Waals surface area contributed by atoms with Crippen LogP contribution >= 0.6 is 0 Å². The SMILES string of the molecule is COc1ccc(/C=C/C(=O)O)cc1.Nc1ccc(C(=O)O)cc1.O=C(O)/C=C/c1ccccc1.O=C(O)c1ccccc1O. The first-order valence-electron chi connectivity index (χ1n) is 12.5. The second kappa shape index (κ2) is 19.7. The van der Waals surface area contributed by atoms with Gasteiger partial charge in [0.05, 0.1) is 12.7 Å². The zero-order chi connectivity index (χ0) is 32.9. The van der Waals surface area contributed by atoms with E-state index in [4.69, 9.17) is 36.0 Å². The van der Waals surface area contributed by atoms with E-state index in [0.717, 1.165) is 29.0 Å². The molecule has 0 bridgehead atoms. The van der Waals surface area contributed by atoms with E-state index in [1.54, 1.807) is 61.7 Å². The molecular weight excluding hydrogens is 570 g/mol. The number of hydrogen-bond acceptors (Lipinski definition) is 7. The summed E-state index contributed by atoms with van der Waals surface area (Å²) in [5.74, 6) is -3.36. The predicted octanol–water partition coefficient (Wildman–Crippen LogP) is 5.63. The largest absolute Gasteiger partial charge is 0.507 e. The van der Waals surface area contributed by atoms with Gasteiger partial charge in [0.25, 0.3) is 0 Å². The molecule has 44 heavy (non-hydrogen) atoms. The monoisotopic (exact) mass is 601 g/mol. The van der Waals surface area contributed by atoms with E-state index >= 15 is 0 Å². The van der Waals surface area contributed by atoms with Crippen LogP contribution in [0.1, 0.15) is 31.8 Å². The number of carbonyl (C=O) groups is 4. The van der Waals surface area contributed by atoms with Gasteiger partial charge in [0.1, 0.15) is 17.1 Å². The molecule has 0 amide bonds. The molecule has 0 aliphatic rings. The fraction of sp³-hybridized carbons (Fsp3) is 0.0303. The molecule has 4 aromatic carbocycles. The first kappa shape index (κ1) is 35.7. The molecule has 0 heterocycles. The molecule has 228 valence electrons. The van der Waals surface area contributed by atoms with E-state index in [2.05, 4.69) is 0 Å². The van der Waals surface area contributed by atoms with Gasteiger partial charge in [0.2, 0.25) is 0 Å². The Morgan fingerprint density at radius 2 is 1.09 bits per heavy atom. The maximum absolute atomic E-state index is 10.3. The number of carboxylic acids is 4. The second-order valence-electron chi connectivity index (χ2n) is 8.28. The highest BCUT2D eigenvalue weighted by Crippen LogP contribution is 2.14. The van der Waals surface area contributed by atoms with E-state index < -0.39 is 23.9 Å². The number of anilines is 1. The fourth-order valence-electron chi connectivity index (χ4n) is 2.89. The average molecular weight is 602 g/mol. The molecule has 0 atom stereocenters. The van der Waals surface area contributed by atoms with Gasteiger partial charge < -0.3 is 36.0 Å². The Labute approximate surface area is 253 Å². The van der Waals surface area contributed by atoms with Crippen LogP contribution in [0.5, 0.6) is 11.5 Å². The van der Waals surface area contributed by atoms with Crippen molar-refractivity contribution in [3.05, 3.63) is 138 Å². The van der Waals surface area contributed by atoms with Gasteiger partial charge >= 0.3 is 23.9 Å². The Balaban J connectivity index is 0.000000295. The van der Waals surface area contributed by atoms with Crippen LogP contribution in [0, 0.1) is 0 Å². The fourth-order valence-corrected chi connectivity index (χ4v) is 2.89. The summed E-state index contributed by atoms with van der Waals surface area (Å²) in [6, 6.07) is 28.3. The number of nitrogens with two attached hydrogens (primary N) is 1. The minimum Gasteiger partial charge on any atom is -0.507 e. The van der Waals surface area contributed by atoms with Crippen molar-refractivity contribution in [3.63, 3.8) is 0 Å². The molecule has 4 aromatic rings. The maximum Gasteiger partial charge on any atom is 0.339 e. The number of ether oxygens (including phenoxy) is 1. The van der Waals surface area contributed by atoms with Crippen molar-refractivity contribution in [3.8, 4) is 11.5 Å². The highest BCUT2D eigenvalue weighted by molar-refractivity contribution is 5.90. The van der Waals surface area contributed by atoms with E-state index in [0.29, 0.717) is 5.69 Å². The number of nitrogen functional groups attached to an aromatic ring is 1. The van der Waals surface area contributed by atoms with Crippen LogP contribution in [0.2, 0.25) is 0 Å². The zero-order valence-corrected chi connectivity index (χ0v) is 23.5. The molecular formula is C33H31NO10.